The first kappa shape index (κ1) is 13.2. The minimum absolute atomic E-state index is 0.0172. The van der Waals surface area contributed by atoms with Crippen LogP contribution in [0.15, 0.2) is 30.3 Å². The Kier molecular flexibility index (Phi) is 4.92. The summed E-state index contributed by atoms with van der Waals surface area (Å²) in [7, 11) is -3.22. The van der Waals surface area contributed by atoms with Crippen LogP contribution in [0.2, 0.25) is 0 Å². The average molecular weight is 242 g/mol. The second kappa shape index (κ2) is 5.98. The quantitative estimate of drug-likeness (QED) is 0.770. The zero-order valence-corrected chi connectivity index (χ0v) is 10.2. The number of sulfonamides is 1. The van der Waals surface area contributed by atoms with Gasteiger partial charge in [-0.05, 0) is 11.5 Å². The monoisotopic (exact) mass is 242 g/mol. The molecule has 0 aliphatic heterocycles. The van der Waals surface area contributed by atoms with E-state index in [4.69, 9.17) is 5.73 Å². The molecule has 0 saturated carbocycles. The van der Waals surface area contributed by atoms with Crippen LogP contribution in [0.1, 0.15) is 18.4 Å². The molecule has 0 fully saturated rings. The number of rotatable bonds is 6. The van der Waals surface area contributed by atoms with Crippen molar-refractivity contribution < 1.29 is 8.42 Å². The van der Waals surface area contributed by atoms with Crippen LogP contribution in [0.5, 0.6) is 0 Å². The molecule has 5 heteroatoms. The van der Waals surface area contributed by atoms with Crippen molar-refractivity contribution in [2.24, 2.45) is 5.73 Å². The van der Waals surface area contributed by atoms with Crippen molar-refractivity contribution in [3.05, 3.63) is 35.9 Å². The molecule has 0 aromatic heterocycles. The largest absolute Gasteiger partial charge is 0.329 e. The Balaban J connectivity index is 2.61. The Hall–Kier alpha value is -0.910. The smallest absolute Gasteiger partial charge is 0.212 e. The molecule has 0 bridgehead atoms. The van der Waals surface area contributed by atoms with Gasteiger partial charge in [0.25, 0.3) is 0 Å². The van der Waals surface area contributed by atoms with E-state index in [0.717, 1.165) is 5.56 Å². The van der Waals surface area contributed by atoms with Gasteiger partial charge in [-0.3, -0.25) is 0 Å². The number of hydrogen-bond acceptors (Lipinski definition) is 3. The van der Waals surface area contributed by atoms with E-state index in [1.165, 1.54) is 0 Å². The Bertz CT molecular complexity index is 403. The number of nitrogens with one attached hydrogen (secondary N) is 1. The van der Waals surface area contributed by atoms with Gasteiger partial charge in [0.2, 0.25) is 10.0 Å². The van der Waals surface area contributed by atoms with E-state index in [1.54, 1.807) is 0 Å². The molecule has 0 amide bonds. The van der Waals surface area contributed by atoms with Crippen molar-refractivity contribution in [2.45, 2.75) is 12.8 Å². The van der Waals surface area contributed by atoms with Crippen molar-refractivity contribution in [3.8, 4) is 0 Å². The lowest BCUT2D eigenvalue weighted by molar-refractivity contribution is 0.576. The van der Waals surface area contributed by atoms with E-state index in [2.05, 4.69) is 4.72 Å². The SMILES string of the molecule is CC(CS(=O)(=O)NCCN)c1ccccc1. The van der Waals surface area contributed by atoms with Gasteiger partial charge in [0.1, 0.15) is 0 Å². The zero-order valence-electron chi connectivity index (χ0n) is 9.39. The third-order valence-corrected chi connectivity index (χ3v) is 3.89. The van der Waals surface area contributed by atoms with E-state index in [9.17, 15) is 8.42 Å². The highest BCUT2D eigenvalue weighted by Gasteiger charge is 2.15. The predicted molar refractivity (Wildman–Crippen MR) is 65.7 cm³/mol. The summed E-state index contributed by atoms with van der Waals surface area (Å²) in [5, 5.41) is 0. The second-order valence-electron chi connectivity index (χ2n) is 3.78. The van der Waals surface area contributed by atoms with Gasteiger partial charge in [-0.2, -0.15) is 0 Å². The molecule has 16 heavy (non-hydrogen) atoms. The van der Waals surface area contributed by atoms with Gasteiger partial charge in [-0.1, -0.05) is 37.3 Å². The molecule has 1 rings (SSSR count). The Labute approximate surface area is 96.9 Å². The molecule has 1 aromatic rings. The maximum Gasteiger partial charge on any atom is 0.212 e. The van der Waals surface area contributed by atoms with Crippen LogP contribution in [-0.2, 0) is 10.0 Å². The van der Waals surface area contributed by atoms with Crippen LogP contribution >= 0.6 is 0 Å². The van der Waals surface area contributed by atoms with E-state index < -0.39 is 10.0 Å². The summed E-state index contributed by atoms with van der Waals surface area (Å²) in [6.07, 6.45) is 0. The third-order valence-electron chi connectivity index (χ3n) is 2.30. The predicted octanol–water partition coefficient (Wildman–Crippen LogP) is 0.668. The van der Waals surface area contributed by atoms with E-state index in [-0.39, 0.29) is 11.7 Å². The van der Waals surface area contributed by atoms with Gasteiger partial charge in [0.15, 0.2) is 0 Å². The normalized spacial score (nSPS) is 13.6. The molecule has 1 unspecified atom stereocenters. The maximum absolute atomic E-state index is 11.6. The summed E-state index contributed by atoms with van der Waals surface area (Å²) in [5.41, 5.74) is 6.28. The highest BCUT2D eigenvalue weighted by molar-refractivity contribution is 7.89. The standard InChI is InChI=1S/C11H18N2O2S/c1-10(11-5-3-2-4-6-11)9-16(14,15)13-8-7-12/h2-6,10,13H,7-9,12H2,1H3. The van der Waals surface area contributed by atoms with Gasteiger partial charge in [-0.15, -0.1) is 0 Å². The summed E-state index contributed by atoms with van der Waals surface area (Å²) < 4.78 is 25.7. The molecule has 1 aromatic carbocycles. The van der Waals surface area contributed by atoms with Crippen molar-refractivity contribution >= 4 is 10.0 Å². The fourth-order valence-corrected chi connectivity index (χ4v) is 2.88. The molecule has 0 aliphatic carbocycles. The summed E-state index contributed by atoms with van der Waals surface area (Å²) in [5.74, 6) is 0.0771. The minimum Gasteiger partial charge on any atom is -0.329 e. The molecule has 0 heterocycles. The van der Waals surface area contributed by atoms with Crippen LogP contribution in [0.25, 0.3) is 0 Å². The first-order chi connectivity index (χ1) is 7.55. The molecule has 4 nitrogen and oxygen atoms in total. The first-order valence-electron chi connectivity index (χ1n) is 5.27. The lowest BCUT2D eigenvalue weighted by Crippen LogP contribution is -2.32. The highest BCUT2D eigenvalue weighted by atomic mass is 32.2. The molecular formula is C11H18N2O2S. The van der Waals surface area contributed by atoms with Crippen LogP contribution in [-0.4, -0.2) is 27.3 Å². The molecule has 1 atom stereocenters. The topological polar surface area (TPSA) is 72.2 Å². The molecule has 0 aliphatic rings. The van der Waals surface area contributed by atoms with Crippen LogP contribution in [0.3, 0.4) is 0 Å². The first-order valence-corrected chi connectivity index (χ1v) is 6.93. The van der Waals surface area contributed by atoms with Gasteiger partial charge in [0.05, 0.1) is 5.75 Å². The second-order valence-corrected chi connectivity index (χ2v) is 5.63. The highest BCUT2D eigenvalue weighted by Crippen LogP contribution is 2.15. The Morgan fingerprint density at radius 2 is 1.94 bits per heavy atom. The molecule has 0 spiro atoms. The zero-order chi connectivity index (χ0) is 12.0. The Morgan fingerprint density at radius 1 is 1.31 bits per heavy atom. The third kappa shape index (κ3) is 4.30. The lowest BCUT2D eigenvalue weighted by atomic mass is 10.0. The number of benzene rings is 1. The van der Waals surface area contributed by atoms with Gasteiger partial charge < -0.3 is 5.73 Å². The summed E-state index contributed by atoms with van der Waals surface area (Å²) in [4.78, 5) is 0. The lowest BCUT2D eigenvalue weighted by Gasteiger charge is -2.12. The molecule has 0 radical (unpaired) electrons. The molecule has 3 N–H and O–H groups in total. The minimum atomic E-state index is -3.22. The van der Waals surface area contributed by atoms with Crippen LogP contribution in [0.4, 0.5) is 0 Å². The maximum atomic E-state index is 11.6. The van der Waals surface area contributed by atoms with Crippen molar-refractivity contribution in [1.82, 2.24) is 4.72 Å². The van der Waals surface area contributed by atoms with E-state index in [1.807, 2.05) is 37.3 Å². The van der Waals surface area contributed by atoms with Gasteiger partial charge >= 0.3 is 0 Å². The van der Waals surface area contributed by atoms with E-state index >= 15 is 0 Å². The fourth-order valence-electron chi connectivity index (χ4n) is 1.48. The fraction of sp³-hybridized carbons (Fsp3) is 0.455. The molecule has 90 valence electrons. The van der Waals surface area contributed by atoms with Gasteiger partial charge in [-0.25, -0.2) is 13.1 Å². The molecule has 0 saturated heterocycles. The van der Waals surface area contributed by atoms with Crippen molar-refractivity contribution in [3.63, 3.8) is 0 Å². The van der Waals surface area contributed by atoms with Crippen molar-refractivity contribution in [1.29, 1.82) is 0 Å². The summed E-state index contributed by atoms with van der Waals surface area (Å²) >= 11 is 0. The molecular weight excluding hydrogens is 224 g/mol. The summed E-state index contributed by atoms with van der Waals surface area (Å²) in [6.45, 7) is 2.51. The summed E-state index contributed by atoms with van der Waals surface area (Å²) in [6, 6.07) is 9.60. The van der Waals surface area contributed by atoms with Gasteiger partial charge in [0, 0.05) is 13.1 Å². The van der Waals surface area contributed by atoms with Crippen LogP contribution in [0, 0.1) is 0 Å². The van der Waals surface area contributed by atoms with Crippen molar-refractivity contribution in [2.75, 3.05) is 18.8 Å². The Morgan fingerprint density at radius 3 is 2.50 bits per heavy atom. The number of nitrogens with two attached hydrogens (primary N) is 1. The number of hydrogen-bond donors (Lipinski definition) is 2. The average Bonchev–Trinajstić information content (AvgIpc) is 2.27. The van der Waals surface area contributed by atoms with E-state index in [0.29, 0.717) is 13.1 Å². The van der Waals surface area contributed by atoms with Crippen LogP contribution < -0.4 is 10.5 Å².